The zero-order valence-corrected chi connectivity index (χ0v) is 14.6. The average molecular weight is 329 g/mol. The molecule has 0 heterocycles. The van der Waals surface area contributed by atoms with Crippen molar-refractivity contribution >= 4 is 23.2 Å². The number of hydrogen-bond donors (Lipinski definition) is 1. The van der Waals surface area contributed by atoms with E-state index in [-0.39, 0.29) is 11.6 Å². The number of nitrogens with two attached hydrogens (primary N) is 1. The molecule has 21 heavy (non-hydrogen) atoms. The topological polar surface area (TPSA) is 29.3 Å². The fraction of sp³-hybridized carbons (Fsp3) is 0.647. The summed E-state index contributed by atoms with van der Waals surface area (Å²) in [5.41, 5.74) is 7.79. The summed E-state index contributed by atoms with van der Waals surface area (Å²) in [6, 6.07) is 5.71. The summed E-state index contributed by atoms with van der Waals surface area (Å²) in [5, 5.41) is 1.48. The van der Waals surface area contributed by atoms with E-state index in [0.717, 1.165) is 22.0 Å². The Labute approximate surface area is 138 Å². The molecule has 0 aromatic heterocycles. The molecule has 0 spiro atoms. The van der Waals surface area contributed by atoms with Crippen molar-refractivity contribution in [3.8, 4) is 0 Å². The molecule has 0 bridgehead atoms. The van der Waals surface area contributed by atoms with Crippen LogP contribution in [0.4, 0.5) is 0 Å². The van der Waals surface area contributed by atoms with Crippen molar-refractivity contribution in [3.63, 3.8) is 0 Å². The number of nitrogens with zero attached hydrogens (tertiary/aromatic N) is 1. The van der Waals surface area contributed by atoms with Crippen LogP contribution in [0.25, 0.3) is 0 Å². The number of benzene rings is 1. The third-order valence-electron chi connectivity index (χ3n) is 5.00. The van der Waals surface area contributed by atoms with Crippen LogP contribution in [0.1, 0.15) is 44.1 Å². The van der Waals surface area contributed by atoms with Gasteiger partial charge in [-0.05, 0) is 57.1 Å². The molecule has 1 aromatic carbocycles. The fourth-order valence-electron chi connectivity index (χ4n) is 3.62. The highest BCUT2D eigenvalue weighted by Crippen LogP contribution is 2.35. The average Bonchev–Trinajstić information content (AvgIpc) is 2.69. The van der Waals surface area contributed by atoms with Crippen molar-refractivity contribution < 1.29 is 0 Å². The minimum absolute atomic E-state index is 0.0709. The predicted octanol–water partition coefficient (Wildman–Crippen LogP) is 4.52. The Morgan fingerprint density at radius 2 is 1.76 bits per heavy atom. The summed E-state index contributed by atoms with van der Waals surface area (Å²) < 4.78 is 0. The van der Waals surface area contributed by atoms with Gasteiger partial charge in [-0.25, -0.2) is 0 Å². The van der Waals surface area contributed by atoms with Gasteiger partial charge in [-0.1, -0.05) is 48.9 Å². The van der Waals surface area contributed by atoms with E-state index in [9.17, 15) is 0 Å². The highest BCUT2D eigenvalue weighted by molar-refractivity contribution is 6.33. The van der Waals surface area contributed by atoms with E-state index in [1.54, 1.807) is 0 Å². The van der Waals surface area contributed by atoms with Crippen molar-refractivity contribution in [1.82, 2.24) is 4.90 Å². The molecule has 1 saturated carbocycles. The summed E-state index contributed by atoms with van der Waals surface area (Å²) in [5.74, 6) is 0. The van der Waals surface area contributed by atoms with E-state index in [1.165, 1.54) is 38.5 Å². The molecule has 118 valence electrons. The van der Waals surface area contributed by atoms with Gasteiger partial charge < -0.3 is 10.6 Å². The molecule has 0 radical (unpaired) electrons. The Morgan fingerprint density at radius 3 is 2.33 bits per heavy atom. The van der Waals surface area contributed by atoms with E-state index in [0.29, 0.717) is 0 Å². The molecule has 0 saturated heterocycles. The van der Waals surface area contributed by atoms with Crippen LogP contribution in [0.5, 0.6) is 0 Å². The molecule has 1 aromatic rings. The van der Waals surface area contributed by atoms with Crippen LogP contribution in [-0.2, 0) is 6.42 Å². The normalized spacial score (nSPS) is 20.3. The lowest BCUT2D eigenvalue weighted by molar-refractivity contribution is 0.0968. The number of hydrogen-bond acceptors (Lipinski definition) is 2. The first-order valence-electron chi connectivity index (χ1n) is 7.82. The first-order valence-corrected chi connectivity index (χ1v) is 8.58. The van der Waals surface area contributed by atoms with Gasteiger partial charge in [0, 0.05) is 21.6 Å². The third-order valence-corrected chi connectivity index (χ3v) is 5.60. The smallest absolute Gasteiger partial charge is 0.0439 e. The van der Waals surface area contributed by atoms with Gasteiger partial charge in [0.25, 0.3) is 0 Å². The Hall–Kier alpha value is -0.280. The molecule has 0 amide bonds. The van der Waals surface area contributed by atoms with Crippen LogP contribution in [0.2, 0.25) is 10.0 Å². The molecule has 0 aliphatic heterocycles. The second-order valence-corrected chi connectivity index (χ2v) is 7.30. The largest absolute Gasteiger partial charge is 0.326 e. The van der Waals surface area contributed by atoms with E-state index in [4.69, 9.17) is 28.9 Å². The molecule has 2 N–H and O–H groups in total. The SMILES string of the molecule is CN(C)C1(C(N)Cc2cc(Cl)ccc2Cl)CCCCCC1. The van der Waals surface area contributed by atoms with Crippen LogP contribution < -0.4 is 5.73 Å². The van der Waals surface area contributed by atoms with Gasteiger partial charge >= 0.3 is 0 Å². The van der Waals surface area contributed by atoms with Crippen molar-refractivity contribution in [2.24, 2.45) is 5.73 Å². The summed E-state index contributed by atoms with van der Waals surface area (Å²) in [4.78, 5) is 2.33. The predicted molar refractivity (Wildman–Crippen MR) is 92.3 cm³/mol. The Bertz CT molecular complexity index is 466. The summed E-state index contributed by atoms with van der Waals surface area (Å²) in [6.45, 7) is 0. The Balaban J connectivity index is 2.22. The molecule has 2 nitrogen and oxygen atoms in total. The second kappa shape index (κ2) is 7.32. The van der Waals surface area contributed by atoms with Crippen molar-refractivity contribution in [1.29, 1.82) is 0 Å². The third kappa shape index (κ3) is 3.92. The van der Waals surface area contributed by atoms with E-state index >= 15 is 0 Å². The zero-order valence-electron chi connectivity index (χ0n) is 13.0. The molecule has 1 atom stereocenters. The standard InChI is InChI=1S/C17H26Cl2N2/c1-21(2)17(9-5-3-4-6-10-17)16(20)12-13-11-14(18)7-8-15(13)19/h7-8,11,16H,3-6,9-10,12,20H2,1-2H3. The number of rotatable bonds is 4. The lowest BCUT2D eigenvalue weighted by atomic mass is 9.79. The Morgan fingerprint density at radius 1 is 1.14 bits per heavy atom. The molecular weight excluding hydrogens is 303 g/mol. The molecule has 4 heteroatoms. The van der Waals surface area contributed by atoms with E-state index in [2.05, 4.69) is 19.0 Å². The zero-order chi connectivity index (χ0) is 15.5. The van der Waals surface area contributed by atoms with Crippen LogP contribution in [-0.4, -0.2) is 30.6 Å². The number of likely N-dealkylation sites (N-methyl/N-ethyl adjacent to an activating group) is 1. The van der Waals surface area contributed by atoms with Gasteiger partial charge in [0.05, 0.1) is 0 Å². The molecule has 1 unspecified atom stereocenters. The van der Waals surface area contributed by atoms with Gasteiger partial charge in [-0.15, -0.1) is 0 Å². The molecule has 1 aliphatic carbocycles. The van der Waals surface area contributed by atoms with Gasteiger partial charge in [-0.2, -0.15) is 0 Å². The lowest BCUT2D eigenvalue weighted by Gasteiger charge is -2.44. The molecule has 1 aliphatic rings. The summed E-state index contributed by atoms with van der Waals surface area (Å²) in [6.07, 6.45) is 8.26. The highest BCUT2D eigenvalue weighted by Gasteiger charge is 2.39. The van der Waals surface area contributed by atoms with Gasteiger partial charge in [-0.3, -0.25) is 0 Å². The molecule has 2 rings (SSSR count). The monoisotopic (exact) mass is 328 g/mol. The van der Waals surface area contributed by atoms with Gasteiger partial charge in [0.2, 0.25) is 0 Å². The molecule has 1 fully saturated rings. The van der Waals surface area contributed by atoms with Crippen LogP contribution in [0.15, 0.2) is 18.2 Å². The second-order valence-electron chi connectivity index (χ2n) is 6.46. The van der Waals surface area contributed by atoms with Crippen molar-refractivity contribution in [3.05, 3.63) is 33.8 Å². The maximum absolute atomic E-state index is 6.66. The quantitative estimate of drug-likeness (QED) is 0.823. The van der Waals surface area contributed by atoms with Crippen LogP contribution in [0, 0.1) is 0 Å². The van der Waals surface area contributed by atoms with Crippen LogP contribution >= 0.6 is 23.2 Å². The first kappa shape index (κ1) is 17.1. The van der Waals surface area contributed by atoms with E-state index < -0.39 is 0 Å². The first-order chi connectivity index (χ1) is 9.95. The fourth-order valence-corrected chi connectivity index (χ4v) is 4.01. The van der Waals surface area contributed by atoms with Crippen LogP contribution in [0.3, 0.4) is 0 Å². The maximum Gasteiger partial charge on any atom is 0.0439 e. The minimum atomic E-state index is 0.0709. The number of halogens is 2. The maximum atomic E-state index is 6.66. The Kier molecular flexibility index (Phi) is 5.96. The summed E-state index contributed by atoms with van der Waals surface area (Å²) >= 11 is 12.4. The highest BCUT2D eigenvalue weighted by atomic mass is 35.5. The van der Waals surface area contributed by atoms with Crippen molar-refractivity contribution in [2.45, 2.75) is 56.5 Å². The lowest BCUT2D eigenvalue weighted by Crippen LogP contribution is -2.58. The molecular formula is C17H26Cl2N2. The van der Waals surface area contributed by atoms with Gasteiger partial charge in [0.1, 0.15) is 0 Å². The summed E-state index contributed by atoms with van der Waals surface area (Å²) in [7, 11) is 4.31. The van der Waals surface area contributed by atoms with Crippen molar-refractivity contribution in [2.75, 3.05) is 14.1 Å². The minimum Gasteiger partial charge on any atom is -0.326 e. The van der Waals surface area contributed by atoms with Gasteiger partial charge in [0.15, 0.2) is 0 Å². The van der Waals surface area contributed by atoms with E-state index in [1.807, 2.05) is 18.2 Å².